The van der Waals surface area contributed by atoms with Gasteiger partial charge in [0.1, 0.15) is 36.1 Å². The molecule has 14 heteroatoms. The van der Waals surface area contributed by atoms with E-state index in [0.29, 0.717) is 26.3 Å². The third-order valence-electron chi connectivity index (χ3n) is 7.93. The van der Waals surface area contributed by atoms with Gasteiger partial charge in [-0.1, -0.05) is 12.1 Å². The van der Waals surface area contributed by atoms with Crippen LogP contribution in [0.5, 0.6) is 11.5 Å². The van der Waals surface area contributed by atoms with Crippen LogP contribution in [0.3, 0.4) is 0 Å². The number of aromatic nitrogens is 8. The van der Waals surface area contributed by atoms with Gasteiger partial charge in [-0.05, 0) is 43.3 Å². The maximum atomic E-state index is 11.2. The summed E-state index contributed by atoms with van der Waals surface area (Å²) in [4.78, 5) is 22.4. The first-order valence-corrected chi connectivity index (χ1v) is 15.4. The number of anilines is 2. The number of ether oxygens (including phenoxy) is 2. The van der Waals surface area contributed by atoms with Crippen molar-refractivity contribution in [1.29, 1.82) is 0 Å². The van der Waals surface area contributed by atoms with Crippen molar-refractivity contribution in [2.45, 2.75) is 47.1 Å². The zero-order valence-corrected chi connectivity index (χ0v) is 26.9. The van der Waals surface area contributed by atoms with E-state index in [4.69, 9.17) is 14.6 Å². The number of aryl methyl sites for hydroxylation is 2. The Morgan fingerprint density at radius 1 is 0.750 bits per heavy atom. The maximum absolute atomic E-state index is 11.2. The number of carbonyl (C=O) groups excluding carboxylic acids is 2. The number of aromatic amines is 1. The quantitative estimate of drug-likeness (QED) is 0.249. The molecule has 2 aliphatic heterocycles. The van der Waals surface area contributed by atoms with Crippen LogP contribution in [0.4, 0.5) is 11.4 Å². The summed E-state index contributed by atoms with van der Waals surface area (Å²) < 4.78 is 17.6. The summed E-state index contributed by atoms with van der Waals surface area (Å²) in [6.07, 6.45) is 1.70. The lowest BCUT2D eigenvalue weighted by Crippen LogP contribution is -2.06. The Kier molecular flexibility index (Phi) is 7.97. The number of fused-ring (bicyclic) bond motifs is 4. The number of rotatable bonds is 4. The molecule has 4 aromatic heterocycles. The molecule has 0 bridgehead atoms. The van der Waals surface area contributed by atoms with Gasteiger partial charge >= 0.3 is 0 Å². The van der Waals surface area contributed by atoms with Crippen molar-refractivity contribution >= 4 is 23.2 Å². The maximum Gasteiger partial charge on any atom is 0.221 e. The number of nitrogens with one attached hydrogen (secondary N) is 3. The summed E-state index contributed by atoms with van der Waals surface area (Å²) in [7, 11) is 1.92. The van der Waals surface area contributed by atoms with Gasteiger partial charge in [0.15, 0.2) is 0 Å². The van der Waals surface area contributed by atoms with Crippen molar-refractivity contribution < 1.29 is 19.1 Å². The first-order chi connectivity index (χ1) is 23.2. The number of carbonyl (C=O) groups is 2. The topological polar surface area (TPSA) is 159 Å². The van der Waals surface area contributed by atoms with Crippen LogP contribution in [0.15, 0.2) is 66.9 Å². The van der Waals surface area contributed by atoms with Crippen molar-refractivity contribution in [3.8, 4) is 34.3 Å². The molecule has 0 fully saturated rings. The fourth-order valence-corrected chi connectivity index (χ4v) is 5.75. The fraction of sp³-hybridized carbons (Fsp3) is 0.235. The van der Waals surface area contributed by atoms with Crippen LogP contribution in [0.2, 0.25) is 0 Å². The molecule has 3 N–H and O–H groups in total. The second kappa shape index (κ2) is 12.5. The molecule has 48 heavy (non-hydrogen) atoms. The minimum atomic E-state index is -0.101. The Balaban J connectivity index is 0.000000152. The van der Waals surface area contributed by atoms with Gasteiger partial charge in [0.25, 0.3) is 0 Å². The first kappa shape index (κ1) is 30.5. The van der Waals surface area contributed by atoms with E-state index in [2.05, 4.69) is 31.0 Å². The molecule has 0 saturated carbocycles. The molecule has 2 amide bonds. The van der Waals surface area contributed by atoms with Crippen molar-refractivity contribution in [3.63, 3.8) is 0 Å². The molecule has 244 valence electrons. The summed E-state index contributed by atoms with van der Waals surface area (Å²) in [5.41, 5.74) is 10.1. The Morgan fingerprint density at radius 3 is 1.81 bits per heavy atom. The smallest absolute Gasteiger partial charge is 0.221 e. The standard InChI is InChI=1S/C18H19N5O2.C16H15N5O2/c1-11-6-17(22(3)20-11)16-8-15-10-25-18-7-14(19-12(2)24)5-4-13(18)9-23(15)21-16;1-10(22)18-12-3-2-11-8-21-13(9-23-16(11)6-12)7-15(20-21)14-4-5-17-19-14/h4-8H,9-10H2,1-3H3,(H,19,24);2-7H,8-9H2,1H3,(H,17,19)(H,18,22). The summed E-state index contributed by atoms with van der Waals surface area (Å²) in [5.74, 6) is 1.34. The van der Waals surface area contributed by atoms with E-state index in [9.17, 15) is 9.59 Å². The molecule has 2 aliphatic rings. The Hall–Kier alpha value is -6.18. The Morgan fingerprint density at radius 2 is 1.31 bits per heavy atom. The van der Waals surface area contributed by atoms with Crippen LogP contribution in [0.25, 0.3) is 22.8 Å². The largest absolute Gasteiger partial charge is 0.487 e. The molecule has 6 aromatic rings. The van der Waals surface area contributed by atoms with Gasteiger partial charge in [-0.3, -0.25) is 28.7 Å². The van der Waals surface area contributed by atoms with E-state index in [0.717, 1.165) is 73.9 Å². The van der Waals surface area contributed by atoms with Gasteiger partial charge < -0.3 is 20.1 Å². The predicted molar refractivity (Wildman–Crippen MR) is 177 cm³/mol. The van der Waals surface area contributed by atoms with Crippen LogP contribution in [-0.4, -0.2) is 51.4 Å². The molecular weight excluding hydrogens is 612 g/mol. The van der Waals surface area contributed by atoms with E-state index >= 15 is 0 Å². The first-order valence-electron chi connectivity index (χ1n) is 15.4. The van der Waals surface area contributed by atoms with Crippen LogP contribution in [0.1, 0.15) is 42.1 Å². The lowest BCUT2D eigenvalue weighted by atomic mass is 10.2. The number of benzene rings is 2. The van der Waals surface area contributed by atoms with Gasteiger partial charge in [-0.15, -0.1) is 0 Å². The monoisotopic (exact) mass is 646 g/mol. The summed E-state index contributed by atoms with van der Waals surface area (Å²) >= 11 is 0. The molecule has 0 unspecified atom stereocenters. The number of nitrogens with zero attached hydrogens (tertiary/aromatic N) is 7. The van der Waals surface area contributed by atoms with Crippen LogP contribution < -0.4 is 20.1 Å². The molecule has 0 saturated heterocycles. The molecule has 0 spiro atoms. The van der Waals surface area contributed by atoms with E-state index < -0.39 is 0 Å². The van der Waals surface area contributed by atoms with Gasteiger partial charge in [0.05, 0.1) is 41.6 Å². The lowest BCUT2D eigenvalue weighted by molar-refractivity contribution is -0.115. The highest BCUT2D eigenvalue weighted by Crippen LogP contribution is 2.31. The van der Waals surface area contributed by atoms with Gasteiger partial charge in [-0.25, -0.2) is 0 Å². The highest BCUT2D eigenvalue weighted by Gasteiger charge is 2.20. The minimum absolute atomic E-state index is 0.0994. The molecular formula is C34H34N10O4. The normalized spacial score (nSPS) is 12.8. The third kappa shape index (κ3) is 6.40. The Labute approximate surface area is 275 Å². The minimum Gasteiger partial charge on any atom is -0.487 e. The van der Waals surface area contributed by atoms with E-state index in [1.807, 2.05) is 88.7 Å². The van der Waals surface area contributed by atoms with E-state index in [1.54, 1.807) is 6.20 Å². The summed E-state index contributed by atoms with van der Waals surface area (Å²) in [6.45, 7) is 7.05. The number of hydrogen-bond acceptors (Lipinski definition) is 8. The zero-order chi connectivity index (χ0) is 33.4. The van der Waals surface area contributed by atoms with Crippen molar-refractivity contribution in [2.24, 2.45) is 7.05 Å². The van der Waals surface area contributed by atoms with Crippen molar-refractivity contribution in [3.05, 3.63) is 95.1 Å². The highest BCUT2D eigenvalue weighted by atomic mass is 16.5. The molecule has 0 radical (unpaired) electrons. The van der Waals surface area contributed by atoms with Crippen LogP contribution in [0, 0.1) is 6.92 Å². The second-order valence-electron chi connectivity index (χ2n) is 11.7. The van der Waals surface area contributed by atoms with Crippen molar-refractivity contribution in [2.75, 3.05) is 10.6 Å². The van der Waals surface area contributed by atoms with Crippen LogP contribution in [-0.2, 0) is 42.9 Å². The summed E-state index contributed by atoms with van der Waals surface area (Å²) in [6, 6.07) is 19.3. The molecule has 14 nitrogen and oxygen atoms in total. The molecule has 0 atom stereocenters. The molecule has 2 aromatic carbocycles. The second-order valence-corrected chi connectivity index (χ2v) is 11.7. The molecule has 0 aliphatic carbocycles. The number of hydrogen-bond donors (Lipinski definition) is 3. The molecule has 8 rings (SSSR count). The third-order valence-corrected chi connectivity index (χ3v) is 7.93. The van der Waals surface area contributed by atoms with Crippen molar-refractivity contribution in [1.82, 2.24) is 39.5 Å². The SMILES string of the molecule is CC(=O)Nc1ccc2c(c1)OCc1cc(-c3cc(C)nn3C)nn1C2.CC(=O)Nc1ccc2c(c1)OCc1cc(-c3ccn[nH]3)nn1C2. The average molecular weight is 647 g/mol. The van der Waals surface area contributed by atoms with E-state index in [1.165, 1.54) is 13.8 Å². The van der Waals surface area contributed by atoms with Gasteiger partial charge in [0.2, 0.25) is 11.8 Å². The highest BCUT2D eigenvalue weighted by molar-refractivity contribution is 5.89. The molecule has 6 heterocycles. The predicted octanol–water partition coefficient (Wildman–Crippen LogP) is 4.66. The average Bonchev–Trinajstić information content (AvgIpc) is 3.82. The van der Waals surface area contributed by atoms with Gasteiger partial charge in [0, 0.05) is 61.7 Å². The number of amides is 2. The summed E-state index contributed by atoms with van der Waals surface area (Å²) in [5, 5.41) is 26.1. The Bertz CT molecular complexity index is 2140. The van der Waals surface area contributed by atoms with Crippen LogP contribution >= 0.6 is 0 Å². The lowest BCUT2D eigenvalue weighted by Gasteiger charge is -2.09. The van der Waals surface area contributed by atoms with E-state index in [-0.39, 0.29) is 11.8 Å². The zero-order valence-electron chi connectivity index (χ0n) is 26.9. The van der Waals surface area contributed by atoms with Gasteiger partial charge in [-0.2, -0.15) is 20.4 Å². The fourth-order valence-electron chi connectivity index (χ4n) is 5.75. The number of H-pyrrole nitrogens is 1.